The highest BCUT2D eigenvalue weighted by Gasteiger charge is 2.02. The number of rotatable bonds is 5. The Morgan fingerprint density at radius 1 is 1.10 bits per heavy atom. The summed E-state index contributed by atoms with van der Waals surface area (Å²) in [5, 5.41) is 10.6. The van der Waals surface area contributed by atoms with E-state index in [1.165, 1.54) is 12.1 Å². The van der Waals surface area contributed by atoms with Crippen LogP contribution in [0, 0.1) is 10.1 Å². The van der Waals surface area contributed by atoms with Gasteiger partial charge in [-0.3, -0.25) is 10.1 Å². The fourth-order valence-corrected chi connectivity index (χ4v) is 1.77. The Labute approximate surface area is 117 Å². The lowest BCUT2D eigenvalue weighted by Crippen LogP contribution is -1.90. The van der Waals surface area contributed by atoms with Crippen LogP contribution in [-0.4, -0.2) is 11.5 Å². The van der Waals surface area contributed by atoms with Crippen LogP contribution in [0.1, 0.15) is 18.1 Å². The van der Waals surface area contributed by atoms with Crippen molar-refractivity contribution in [3.63, 3.8) is 0 Å². The summed E-state index contributed by atoms with van der Waals surface area (Å²) in [5.41, 5.74) is 2.03. The number of hydrogen-bond donors (Lipinski definition) is 0. The molecule has 0 heterocycles. The minimum atomic E-state index is -0.404. The van der Waals surface area contributed by atoms with E-state index in [0.717, 1.165) is 16.9 Å². The molecule has 0 bridgehead atoms. The van der Waals surface area contributed by atoms with Gasteiger partial charge in [0.1, 0.15) is 5.75 Å². The van der Waals surface area contributed by atoms with Gasteiger partial charge in [0.05, 0.1) is 11.5 Å². The molecule has 0 aromatic heterocycles. The van der Waals surface area contributed by atoms with Crippen molar-refractivity contribution in [2.45, 2.75) is 6.92 Å². The molecule has 0 N–H and O–H groups in total. The molecular weight excluding hydrogens is 254 g/mol. The van der Waals surface area contributed by atoms with Crippen molar-refractivity contribution in [1.29, 1.82) is 0 Å². The molecule has 102 valence electrons. The van der Waals surface area contributed by atoms with Crippen LogP contribution in [0.15, 0.2) is 48.5 Å². The number of nitro groups is 1. The molecule has 4 nitrogen and oxygen atoms in total. The van der Waals surface area contributed by atoms with E-state index in [-0.39, 0.29) is 5.69 Å². The summed E-state index contributed by atoms with van der Waals surface area (Å²) in [6.45, 7) is 2.58. The molecule has 0 amide bonds. The molecule has 0 radical (unpaired) electrons. The summed E-state index contributed by atoms with van der Waals surface area (Å²) in [4.78, 5) is 10.2. The highest BCUT2D eigenvalue weighted by molar-refractivity contribution is 5.70. The van der Waals surface area contributed by atoms with E-state index < -0.39 is 4.92 Å². The molecule has 2 rings (SSSR count). The lowest BCUT2D eigenvalue weighted by molar-refractivity contribution is -0.384. The second kappa shape index (κ2) is 6.52. The third-order valence-corrected chi connectivity index (χ3v) is 2.74. The van der Waals surface area contributed by atoms with Crippen molar-refractivity contribution in [1.82, 2.24) is 0 Å². The minimum absolute atomic E-state index is 0.0977. The van der Waals surface area contributed by atoms with Crippen LogP contribution in [0.4, 0.5) is 5.69 Å². The van der Waals surface area contributed by atoms with Gasteiger partial charge in [0.2, 0.25) is 0 Å². The smallest absolute Gasteiger partial charge is 0.269 e. The first-order chi connectivity index (χ1) is 9.69. The Hall–Kier alpha value is -2.62. The lowest BCUT2D eigenvalue weighted by atomic mass is 10.1. The molecule has 20 heavy (non-hydrogen) atoms. The first-order valence-corrected chi connectivity index (χ1v) is 6.34. The standard InChI is InChI=1S/C16H15NO3/c1-2-20-16-5-3-4-14(12-16)7-6-13-8-10-15(11-9-13)17(18)19/h3-12H,2H2,1H3/b7-6+. The van der Waals surface area contributed by atoms with Gasteiger partial charge in [0.15, 0.2) is 0 Å². The van der Waals surface area contributed by atoms with Crippen LogP contribution >= 0.6 is 0 Å². The van der Waals surface area contributed by atoms with E-state index in [9.17, 15) is 10.1 Å². The second-order valence-corrected chi connectivity index (χ2v) is 4.19. The molecule has 0 aliphatic rings. The van der Waals surface area contributed by atoms with Gasteiger partial charge >= 0.3 is 0 Å². The van der Waals surface area contributed by atoms with Crippen molar-refractivity contribution >= 4 is 17.8 Å². The number of hydrogen-bond acceptors (Lipinski definition) is 3. The Balaban J connectivity index is 2.12. The van der Waals surface area contributed by atoms with Gasteiger partial charge in [-0.15, -0.1) is 0 Å². The summed E-state index contributed by atoms with van der Waals surface area (Å²) in [7, 11) is 0. The molecule has 0 unspecified atom stereocenters. The Kier molecular flexibility index (Phi) is 4.50. The molecule has 0 atom stereocenters. The van der Waals surface area contributed by atoms with Crippen LogP contribution in [0.3, 0.4) is 0 Å². The third kappa shape index (κ3) is 3.68. The lowest BCUT2D eigenvalue weighted by Gasteiger charge is -2.03. The monoisotopic (exact) mass is 269 g/mol. The molecule has 4 heteroatoms. The molecule has 0 saturated carbocycles. The van der Waals surface area contributed by atoms with E-state index in [1.807, 2.05) is 43.3 Å². The van der Waals surface area contributed by atoms with Gasteiger partial charge in [-0.1, -0.05) is 24.3 Å². The van der Waals surface area contributed by atoms with Gasteiger partial charge in [0.25, 0.3) is 5.69 Å². The van der Waals surface area contributed by atoms with Gasteiger partial charge in [-0.05, 0) is 42.3 Å². The molecule has 0 aliphatic heterocycles. The fourth-order valence-electron chi connectivity index (χ4n) is 1.77. The van der Waals surface area contributed by atoms with Crippen molar-refractivity contribution in [3.05, 3.63) is 69.8 Å². The molecule has 0 spiro atoms. The summed E-state index contributed by atoms with van der Waals surface area (Å²) in [6, 6.07) is 14.2. The highest BCUT2D eigenvalue weighted by Crippen LogP contribution is 2.17. The van der Waals surface area contributed by atoms with Crippen molar-refractivity contribution in [2.24, 2.45) is 0 Å². The van der Waals surface area contributed by atoms with Crippen LogP contribution in [0.25, 0.3) is 12.2 Å². The first kappa shape index (κ1) is 13.8. The molecular formula is C16H15NO3. The second-order valence-electron chi connectivity index (χ2n) is 4.19. The van der Waals surface area contributed by atoms with E-state index in [1.54, 1.807) is 12.1 Å². The van der Waals surface area contributed by atoms with Crippen LogP contribution < -0.4 is 4.74 Å². The molecule has 2 aromatic carbocycles. The van der Waals surface area contributed by atoms with Crippen LogP contribution in [0.5, 0.6) is 5.75 Å². The topological polar surface area (TPSA) is 52.4 Å². The van der Waals surface area contributed by atoms with Crippen LogP contribution in [-0.2, 0) is 0 Å². The number of non-ortho nitro benzene ring substituents is 1. The zero-order valence-corrected chi connectivity index (χ0v) is 11.2. The van der Waals surface area contributed by atoms with E-state index in [4.69, 9.17) is 4.74 Å². The molecule has 0 fully saturated rings. The minimum Gasteiger partial charge on any atom is -0.494 e. The predicted molar refractivity (Wildman–Crippen MR) is 79.6 cm³/mol. The Bertz CT molecular complexity index is 618. The van der Waals surface area contributed by atoms with Crippen LogP contribution in [0.2, 0.25) is 0 Å². The van der Waals surface area contributed by atoms with Gasteiger partial charge in [-0.25, -0.2) is 0 Å². The zero-order valence-electron chi connectivity index (χ0n) is 11.2. The SMILES string of the molecule is CCOc1cccc(/C=C/c2ccc([N+](=O)[O-])cc2)c1. The quantitative estimate of drug-likeness (QED) is 0.465. The van der Waals surface area contributed by atoms with Crippen molar-refractivity contribution < 1.29 is 9.66 Å². The maximum Gasteiger partial charge on any atom is 0.269 e. The van der Waals surface area contributed by atoms with Crippen molar-refractivity contribution in [2.75, 3.05) is 6.61 Å². The third-order valence-electron chi connectivity index (χ3n) is 2.74. The highest BCUT2D eigenvalue weighted by atomic mass is 16.6. The number of nitro benzene ring substituents is 1. The van der Waals surface area contributed by atoms with E-state index in [2.05, 4.69) is 0 Å². The van der Waals surface area contributed by atoms with Gasteiger partial charge in [0, 0.05) is 12.1 Å². The molecule has 0 aliphatic carbocycles. The summed E-state index contributed by atoms with van der Waals surface area (Å²) < 4.78 is 5.43. The zero-order chi connectivity index (χ0) is 14.4. The largest absolute Gasteiger partial charge is 0.494 e. The van der Waals surface area contributed by atoms with Gasteiger partial charge < -0.3 is 4.74 Å². The predicted octanol–water partition coefficient (Wildman–Crippen LogP) is 4.16. The Morgan fingerprint density at radius 2 is 1.80 bits per heavy atom. The number of ether oxygens (including phenoxy) is 1. The fraction of sp³-hybridized carbons (Fsp3) is 0.125. The van der Waals surface area contributed by atoms with Crippen molar-refractivity contribution in [3.8, 4) is 5.75 Å². The van der Waals surface area contributed by atoms with E-state index >= 15 is 0 Å². The summed E-state index contributed by atoms with van der Waals surface area (Å²) >= 11 is 0. The average Bonchev–Trinajstić information content (AvgIpc) is 2.46. The summed E-state index contributed by atoms with van der Waals surface area (Å²) in [6.07, 6.45) is 3.86. The van der Waals surface area contributed by atoms with Gasteiger partial charge in [-0.2, -0.15) is 0 Å². The van der Waals surface area contributed by atoms with E-state index in [0.29, 0.717) is 6.61 Å². The number of benzene rings is 2. The maximum absolute atomic E-state index is 10.6. The normalized spacial score (nSPS) is 10.7. The Morgan fingerprint density at radius 3 is 2.45 bits per heavy atom. The number of nitrogens with zero attached hydrogens (tertiary/aromatic N) is 1. The molecule has 0 saturated heterocycles. The average molecular weight is 269 g/mol. The first-order valence-electron chi connectivity index (χ1n) is 6.34. The molecule has 2 aromatic rings. The summed E-state index contributed by atoms with van der Waals surface area (Å²) in [5.74, 6) is 0.832. The maximum atomic E-state index is 10.6.